The van der Waals surface area contributed by atoms with Crippen LogP contribution in [-0.2, 0) is 0 Å². The summed E-state index contributed by atoms with van der Waals surface area (Å²) in [6.45, 7) is -0.569. The molecule has 0 aromatic heterocycles. The van der Waals surface area contributed by atoms with E-state index in [4.69, 9.17) is 10.5 Å². The summed E-state index contributed by atoms with van der Waals surface area (Å²) in [4.78, 5) is 0. The molecule has 0 heterocycles. The van der Waals surface area contributed by atoms with Crippen LogP contribution in [0.4, 0.5) is 4.39 Å². The third-order valence-electron chi connectivity index (χ3n) is 1.70. The van der Waals surface area contributed by atoms with E-state index in [9.17, 15) is 4.39 Å². The van der Waals surface area contributed by atoms with E-state index in [0.29, 0.717) is 11.3 Å². The van der Waals surface area contributed by atoms with Crippen molar-refractivity contribution in [2.75, 3.05) is 13.8 Å². The SMILES string of the molecule is COc1ccccc1[C@H](N)CF. The Kier molecular flexibility index (Phi) is 3.05. The molecule has 1 rings (SSSR count). The van der Waals surface area contributed by atoms with Gasteiger partial charge in [0.2, 0.25) is 0 Å². The van der Waals surface area contributed by atoms with E-state index in [1.165, 1.54) is 0 Å². The van der Waals surface area contributed by atoms with Crippen LogP contribution < -0.4 is 10.5 Å². The quantitative estimate of drug-likeness (QED) is 0.746. The van der Waals surface area contributed by atoms with Gasteiger partial charge in [-0.15, -0.1) is 0 Å². The second-order valence-corrected chi connectivity index (χ2v) is 2.50. The lowest BCUT2D eigenvalue weighted by Crippen LogP contribution is -2.13. The van der Waals surface area contributed by atoms with E-state index in [1.54, 1.807) is 19.2 Å². The van der Waals surface area contributed by atoms with Crippen LogP contribution in [0.25, 0.3) is 0 Å². The molecule has 0 fully saturated rings. The van der Waals surface area contributed by atoms with Crippen molar-refractivity contribution in [3.63, 3.8) is 0 Å². The van der Waals surface area contributed by atoms with Crippen LogP contribution in [0.1, 0.15) is 11.6 Å². The molecule has 0 unspecified atom stereocenters. The molecule has 66 valence electrons. The normalized spacial score (nSPS) is 12.6. The van der Waals surface area contributed by atoms with E-state index in [-0.39, 0.29) is 0 Å². The molecular weight excluding hydrogens is 157 g/mol. The van der Waals surface area contributed by atoms with Gasteiger partial charge in [0.1, 0.15) is 12.4 Å². The van der Waals surface area contributed by atoms with Gasteiger partial charge >= 0.3 is 0 Å². The molecule has 0 aliphatic rings. The van der Waals surface area contributed by atoms with Gasteiger partial charge in [0.15, 0.2) is 0 Å². The fourth-order valence-corrected chi connectivity index (χ4v) is 1.06. The molecule has 3 heteroatoms. The van der Waals surface area contributed by atoms with Crippen LogP contribution in [-0.4, -0.2) is 13.8 Å². The summed E-state index contributed by atoms with van der Waals surface area (Å²) in [5.41, 5.74) is 6.23. The molecule has 0 radical (unpaired) electrons. The highest BCUT2D eigenvalue weighted by molar-refractivity contribution is 5.35. The van der Waals surface area contributed by atoms with E-state index in [2.05, 4.69) is 0 Å². The Morgan fingerprint density at radius 1 is 1.50 bits per heavy atom. The number of hydrogen-bond donors (Lipinski definition) is 1. The fourth-order valence-electron chi connectivity index (χ4n) is 1.06. The van der Waals surface area contributed by atoms with E-state index in [0.717, 1.165) is 0 Å². The number of rotatable bonds is 3. The van der Waals surface area contributed by atoms with Gasteiger partial charge in [-0.05, 0) is 6.07 Å². The number of hydrogen-bond acceptors (Lipinski definition) is 2. The lowest BCUT2D eigenvalue weighted by atomic mass is 10.1. The molecule has 0 aliphatic heterocycles. The molecule has 0 aliphatic carbocycles. The summed E-state index contributed by atoms with van der Waals surface area (Å²) in [6.07, 6.45) is 0. The van der Waals surface area contributed by atoms with Gasteiger partial charge in [-0.1, -0.05) is 18.2 Å². The minimum absolute atomic E-state index is 0.569. The van der Waals surface area contributed by atoms with Crippen molar-refractivity contribution in [3.8, 4) is 5.75 Å². The Hall–Kier alpha value is -1.09. The predicted molar refractivity (Wildman–Crippen MR) is 45.9 cm³/mol. The van der Waals surface area contributed by atoms with Gasteiger partial charge < -0.3 is 10.5 Å². The Labute approximate surface area is 71.1 Å². The number of halogens is 1. The van der Waals surface area contributed by atoms with Crippen molar-refractivity contribution in [2.24, 2.45) is 5.73 Å². The highest BCUT2D eigenvalue weighted by Gasteiger charge is 2.09. The zero-order chi connectivity index (χ0) is 8.97. The molecular formula is C9H12FNO. The largest absolute Gasteiger partial charge is 0.496 e. The first kappa shape index (κ1) is 9.00. The lowest BCUT2D eigenvalue weighted by molar-refractivity contribution is 0.389. The van der Waals surface area contributed by atoms with Gasteiger partial charge in [0.05, 0.1) is 13.2 Å². The zero-order valence-corrected chi connectivity index (χ0v) is 6.96. The van der Waals surface area contributed by atoms with Crippen LogP contribution in [0, 0.1) is 0 Å². The maximum absolute atomic E-state index is 12.2. The molecule has 1 aromatic rings. The number of methoxy groups -OCH3 is 1. The van der Waals surface area contributed by atoms with Crippen LogP contribution in [0.2, 0.25) is 0 Å². The summed E-state index contributed by atoms with van der Waals surface area (Å²) in [7, 11) is 1.55. The van der Waals surface area contributed by atoms with Gasteiger partial charge in [-0.3, -0.25) is 0 Å². The average molecular weight is 169 g/mol. The summed E-state index contributed by atoms with van der Waals surface area (Å²) in [5, 5.41) is 0. The number of ether oxygens (including phenoxy) is 1. The smallest absolute Gasteiger partial charge is 0.123 e. The van der Waals surface area contributed by atoms with E-state index < -0.39 is 12.7 Å². The summed E-state index contributed by atoms with van der Waals surface area (Å²) in [5.74, 6) is 0.641. The standard InChI is InChI=1S/C9H12FNO/c1-12-9-5-3-2-4-7(9)8(11)6-10/h2-5,8H,6,11H2,1H3/t8-/m1/s1. The number of benzene rings is 1. The van der Waals surface area contributed by atoms with Crippen LogP contribution >= 0.6 is 0 Å². The van der Waals surface area contributed by atoms with E-state index in [1.807, 2.05) is 12.1 Å². The van der Waals surface area contributed by atoms with Crippen LogP contribution in [0.5, 0.6) is 5.75 Å². The van der Waals surface area contributed by atoms with Crippen molar-refractivity contribution in [1.82, 2.24) is 0 Å². The van der Waals surface area contributed by atoms with Crippen molar-refractivity contribution < 1.29 is 9.13 Å². The molecule has 0 saturated heterocycles. The first-order chi connectivity index (χ1) is 5.79. The molecule has 1 atom stereocenters. The maximum atomic E-state index is 12.2. The average Bonchev–Trinajstić information content (AvgIpc) is 2.16. The molecule has 0 amide bonds. The number of alkyl halides is 1. The molecule has 0 bridgehead atoms. The molecule has 12 heavy (non-hydrogen) atoms. The number of para-hydroxylation sites is 1. The van der Waals surface area contributed by atoms with E-state index >= 15 is 0 Å². The van der Waals surface area contributed by atoms with Gasteiger partial charge in [0.25, 0.3) is 0 Å². The molecule has 1 aromatic carbocycles. The summed E-state index contributed by atoms with van der Waals surface area (Å²) >= 11 is 0. The molecule has 0 saturated carbocycles. The highest BCUT2D eigenvalue weighted by atomic mass is 19.1. The predicted octanol–water partition coefficient (Wildman–Crippen LogP) is 1.66. The topological polar surface area (TPSA) is 35.2 Å². The summed E-state index contributed by atoms with van der Waals surface area (Å²) < 4.78 is 17.2. The first-order valence-electron chi connectivity index (χ1n) is 3.74. The third-order valence-corrected chi connectivity index (χ3v) is 1.70. The molecule has 0 spiro atoms. The zero-order valence-electron chi connectivity index (χ0n) is 6.96. The molecule has 2 N–H and O–H groups in total. The van der Waals surface area contributed by atoms with Crippen LogP contribution in [0.15, 0.2) is 24.3 Å². The van der Waals surface area contributed by atoms with Crippen molar-refractivity contribution in [3.05, 3.63) is 29.8 Å². The Balaban J connectivity index is 2.96. The summed E-state index contributed by atoms with van der Waals surface area (Å²) in [6, 6.07) is 6.59. The van der Waals surface area contributed by atoms with Gasteiger partial charge in [-0.25, -0.2) is 4.39 Å². The first-order valence-corrected chi connectivity index (χ1v) is 3.74. The van der Waals surface area contributed by atoms with Crippen molar-refractivity contribution in [2.45, 2.75) is 6.04 Å². The highest BCUT2D eigenvalue weighted by Crippen LogP contribution is 2.22. The molecule has 2 nitrogen and oxygen atoms in total. The lowest BCUT2D eigenvalue weighted by Gasteiger charge is -2.11. The fraction of sp³-hybridized carbons (Fsp3) is 0.333. The maximum Gasteiger partial charge on any atom is 0.123 e. The minimum Gasteiger partial charge on any atom is -0.496 e. The monoisotopic (exact) mass is 169 g/mol. The number of nitrogens with two attached hydrogens (primary N) is 1. The Bertz CT molecular complexity index is 252. The second kappa shape index (κ2) is 4.07. The van der Waals surface area contributed by atoms with Gasteiger partial charge in [-0.2, -0.15) is 0 Å². The van der Waals surface area contributed by atoms with Crippen molar-refractivity contribution >= 4 is 0 Å². The minimum atomic E-state index is -0.582. The van der Waals surface area contributed by atoms with Crippen LogP contribution in [0.3, 0.4) is 0 Å². The Morgan fingerprint density at radius 3 is 2.75 bits per heavy atom. The van der Waals surface area contributed by atoms with Crippen molar-refractivity contribution in [1.29, 1.82) is 0 Å². The second-order valence-electron chi connectivity index (χ2n) is 2.50. The van der Waals surface area contributed by atoms with Gasteiger partial charge in [0, 0.05) is 5.56 Å². The Morgan fingerprint density at radius 2 is 2.17 bits per heavy atom. The third kappa shape index (κ3) is 1.74.